The topological polar surface area (TPSA) is 63.4 Å². The largest absolute Gasteiger partial charge is 0.326 e. The Hall–Kier alpha value is -0.910. The Morgan fingerprint density at radius 2 is 1.95 bits per heavy atom. The van der Waals surface area contributed by atoms with Crippen LogP contribution >= 0.6 is 0 Å². The summed E-state index contributed by atoms with van der Waals surface area (Å²) in [6, 6.07) is 3.71. The van der Waals surface area contributed by atoms with E-state index in [2.05, 4.69) is 6.92 Å². The molecule has 1 saturated heterocycles. The molecule has 1 aromatic carbocycles. The van der Waals surface area contributed by atoms with E-state index in [0.29, 0.717) is 30.4 Å². The molecule has 0 saturated carbocycles. The minimum absolute atomic E-state index is 0.362. The maximum Gasteiger partial charge on any atom is 0.243 e. The zero-order valence-electron chi connectivity index (χ0n) is 13.2. The van der Waals surface area contributed by atoms with Gasteiger partial charge in [0.05, 0.1) is 4.90 Å². The third kappa shape index (κ3) is 3.47. The second-order valence-electron chi connectivity index (χ2n) is 6.18. The van der Waals surface area contributed by atoms with Crippen LogP contribution in [0.15, 0.2) is 17.0 Å². The normalized spacial score (nSPS) is 21.2. The van der Waals surface area contributed by atoms with Gasteiger partial charge in [-0.1, -0.05) is 13.0 Å². The summed E-state index contributed by atoms with van der Waals surface area (Å²) in [5.74, 6) is 0.600. The number of rotatable bonds is 3. The molecule has 118 valence electrons. The fraction of sp³-hybridized carbons (Fsp3) is 0.625. The van der Waals surface area contributed by atoms with E-state index < -0.39 is 10.0 Å². The lowest BCUT2D eigenvalue weighted by molar-refractivity contribution is 0.416. The molecule has 5 heteroatoms. The van der Waals surface area contributed by atoms with Crippen molar-refractivity contribution in [3.63, 3.8) is 0 Å². The van der Waals surface area contributed by atoms with Crippen LogP contribution in [0.1, 0.15) is 42.9 Å². The van der Waals surface area contributed by atoms with Crippen LogP contribution in [0.5, 0.6) is 0 Å². The second kappa shape index (κ2) is 6.46. The molecule has 2 rings (SSSR count). The van der Waals surface area contributed by atoms with Gasteiger partial charge in [-0.2, -0.15) is 4.31 Å². The predicted molar refractivity (Wildman–Crippen MR) is 85.6 cm³/mol. The maximum absolute atomic E-state index is 13.0. The van der Waals surface area contributed by atoms with E-state index in [1.807, 2.05) is 19.9 Å². The molecule has 0 amide bonds. The number of sulfonamides is 1. The number of nitrogens with zero attached hydrogens (tertiary/aromatic N) is 1. The summed E-state index contributed by atoms with van der Waals surface area (Å²) in [5, 5.41) is 0. The Morgan fingerprint density at radius 1 is 1.24 bits per heavy atom. The lowest BCUT2D eigenvalue weighted by atomic mass is 10.0. The summed E-state index contributed by atoms with van der Waals surface area (Å²) in [5.41, 5.74) is 8.39. The van der Waals surface area contributed by atoms with Crippen molar-refractivity contribution in [3.05, 3.63) is 28.8 Å². The average Bonchev–Trinajstić information content (AvgIpc) is 2.66. The monoisotopic (exact) mass is 310 g/mol. The van der Waals surface area contributed by atoms with Crippen molar-refractivity contribution < 1.29 is 8.42 Å². The maximum atomic E-state index is 13.0. The van der Waals surface area contributed by atoms with Gasteiger partial charge in [0.1, 0.15) is 0 Å². The molecule has 1 unspecified atom stereocenters. The molecular weight excluding hydrogens is 284 g/mol. The molecule has 1 aromatic rings. The van der Waals surface area contributed by atoms with Gasteiger partial charge in [0.25, 0.3) is 0 Å². The molecule has 0 aromatic heterocycles. The number of aryl methyl sites for hydroxylation is 1. The lowest BCUT2D eigenvalue weighted by Gasteiger charge is -2.22. The van der Waals surface area contributed by atoms with Crippen LogP contribution in [0, 0.1) is 19.8 Å². The van der Waals surface area contributed by atoms with Gasteiger partial charge in [-0.25, -0.2) is 8.42 Å². The van der Waals surface area contributed by atoms with E-state index in [9.17, 15) is 8.42 Å². The second-order valence-corrected chi connectivity index (χ2v) is 8.09. The van der Waals surface area contributed by atoms with Crippen LogP contribution in [0.2, 0.25) is 0 Å². The van der Waals surface area contributed by atoms with Gasteiger partial charge >= 0.3 is 0 Å². The molecule has 0 radical (unpaired) electrons. The van der Waals surface area contributed by atoms with E-state index in [1.165, 1.54) is 0 Å². The molecule has 2 N–H and O–H groups in total. The van der Waals surface area contributed by atoms with Crippen molar-refractivity contribution in [1.82, 2.24) is 4.31 Å². The molecule has 0 bridgehead atoms. The summed E-state index contributed by atoms with van der Waals surface area (Å²) in [7, 11) is -3.42. The zero-order valence-corrected chi connectivity index (χ0v) is 14.0. The van der Waals surface area contributed by atoms with Gasteiger partial charge in [-0.3, -0.25) is 0 Å². The number of hydrogen-bond donors (Lipinski definition) is 1. The highest BCUT2D eigenvalue weighted by Crippen LogP contribution is 2.27. The highest BCUT2D eigenvalue weighted by molar-refractivity contribution is 7.89. The van der Waals surface area contributed by atoms with Crippen molar-refractivity contribution in [1.29, 1.82) is 0 Å². The van der Waals surface area contributed by atoms with Gasteiger partial charge in [0.2, 0.25) is 10.0 Å². The van der Waals surface area contributed by atoms with E-state index in [4.69, 9.17) is 5.73 Å². The first-order valence-electron chi connectivity index (χ1n) is 7.66. The van der Waals surface area contributed by atoms with Crippen molar-refractivity contribution >= 4 is 10.0 Å². The number of nitrogens with two attached hydrogens (primary N) is 1. The molecule has 1 aliphatic heterocycles. The van der Waals surface area contributed by atoms with Crippen molar-refractivity contribution in [3.8, 4) is 0 Å². The van der Waals surface area contributed by atoms with Gasteiger partial charge in [0.15, 0.2) is 0 Å². The van der Waals surface area contributed by atoms with Gasteiger partial charge in [0, 0.05) is 19.6 Å². The average molecular weight is 310 g/mol. The predicted octanol–water partition coefficient (Wildman–Crippen LogP) is 2.57. The van der Waals surface area contributed by atoms with Crippen molar-refractivity contribution in [2.24, 2.45) is 11.7 Å². The van der Waals surface area contributed by atoms with Crippen LogP contribution in [-0.2, 0) is 16.6 Å². The lowest BCUT2D eigenvalue weighted by Crippen LogP contribution is -2.32. The molecule has 1 heterocycles. The summed E-state index contributed by atoms with van der Waals surface area (Å²) < 4.78 is 27.6. The molecule has 1 fully saturated rings. The van der Waals surface area contributed by atoms with E-state index in [-0.39, 0.29) is 0 Å². The Bertz CT molecular complexity index is 611. The van der Waals surface area contributed by atoms with Crippen LogP contribution in [0.25, 0.3) is 0 Å². The molecule has 4 nitrogen and oxygen atoms in total. The third-order valence-electron chi connectivity index (χ3n) is 4.51. The molecule has 1 aliphatic rings. The Kier molecular flexibility index (Phi) is 5.07. The fourth-order valence-corrected chi connectivity index (χ4v) is 4.74. The summed E-state index contributed by atoms with van der Waals surface area (Å²) in [6.07, 6.45) is 2.98. The molecular formula is C16H26N2O2S. The Balaban J connectivity index is 2.41. The number of benzene rings is 1. The van der Waals surface area contributed by atoms with Gasteiger partial charge < -0.3 is 5.73 Å². The number of hydrogen-bond acceptors (Lipinski definition) is 3. The zero-order chi connectivity index (χ0) is 15.6. The standard InChI is InChI=1S/C16H26N2O2S/c1-12-5-4-7-18(8-6-12)21(19,20)16-10-15(11-17)9-13(2)14(16)3/h9-10,12H,4-8,11,17H2,1-3H3. The van der Waals surface area contributed by atoms with Gasteiger partial charge in [-0.15, -0.1) is 0 Å². The molecule has 0 spiro atoms. The third-order valence-corrected chi connectivity index (χ3v) is 6.53. The fourth-order valence-electron chi connectivity index (χ4n) is 2.90. The summed E-state index contributed by atoms with van der Waals surface area (Å²) in [4.78, 5) is 0.428. The molecule has 21 heavy (non-hydrogen) atoms. The van der Waals surface area contributed by atoms with E-state index >= 15 is 0 Å². The molecule has 0 aliphatic carbocycles. The minimum atomic E-state index is -3.42. The first-order chi connectivity index (χ1) is 9.86. The molecule has 1 atom stereocenters. The smallest absolute Gasteiger partial charge is 0.243 e. The minimum Gasteiger partial charge on any atom is -0.326 e. The first kappa shape index (κ1) is 16.5. The van der Waals surface area contributed by atoms with Crippen molar-refractivity contribution in [2.45, 2.75) is 51.5 Å². The van der Waals surface area contributed by atoms with E-state index in [0.717, 1.165) is 36.0 Å². The highest BCUT2D eigenvalue weighted by atomic mass is 32.2. The van der Waals surface area contributed by atoms with E-state index in [1.54, 1.807) is 10.4 Å². The van der Waals surface area contributed by atoms with Crippen LogP contribution in [0.3, 0.4) is 0 Å². The van der Waals surface area contributed by atoms with Crippen LogP contribution < -0.4 is 5.73 Å². The van der Waals surface area contributed by atoms with Crippen molar-refractivity contribution in [2.75, 3.05) is 13.1 Å². The quantitative estimate of drug-likeness (QED) is 0.933. The SMILES string of the molecule is Cc1cc(CN)cc(S(=O)(=O)N2CCCC(C)CC2)c1C. The Labute approximate surface area is 128 Å². The first-order valence-corrected chi connectivity index (χ1v) is 9.10. The van der Waals surface area contributed by atoms with Crippen LogP contribution in [0.4, 0.5) is 0 Å². The summed E-state index contributed by atoms with van der Waals surface area (Å²) in [6.45, 7) is 7.62. The Morgan fingerprint density at radius 3 is 2.62 bits per heavy atom. The summed E-state index contributed by atoms with van der Waals surface area (Å²) >= 11 is 0. The van der Waals surface area contributed by atoms with Gasteiger partial charge in [-0.05, 0) is 61.8 Å². The highest BCUT2D eigenvalue weighted by Gasteiger charge is 2.28. The van der Waals surface area contributed by atoms with Crippen LogP contribution in [-0.4, -0.2) is 25.8 Å².